The van der Waals surface area contributed by atoms with Gasteiger partial charge in [-0.15, -0.1) is 0 Å². The first-order valence-electron chi connectivity index (χ1n) is 9.30. The Kier molecular flexibility index (Phi) is 7.60. The molecule has 0 saturated heterocycles. The van der Waals surface area contributed by atoms with Gasteiger partial charge in [-0.2, -0.15) is 0 Å². The molecule has 0 saturated carbocycles. The van der Waals surface area contributed by atoms with Crippen LogP contribution in [0.4, 0.5) is 11.4 Å². The van der Waals surface area contributed by atoms with Crippen LogP contribution in [0.25, 0.3) is 0 Å². The average Bonchev–Trinajstić information content (AvgIpc) is 2.74. The van der Waals surface area contributed by atoms with Crippen LogP contribution in [0.1, 0.15) is 11.1 Å². The fourth-order valence-electron chi connectivity index (χ4n) is 2.80. The van der Waals surface area contributed by atoms with Crippen molar-refractivity contribution in [2.45, 2.75) is 13.5 Å². The molecule has 3 aromatic rings. The van der Waals surface area contributed by atoms with E-state index in [9.17, 15) is 4.79 Å². The number of carbonyl (C=O) groups is 1. The predicted molar refractivity (Wildman–Crippen MR) is 125 cm³/mol. The van der Waals surface area contributed by atoms with Crippen LogP contribution in [0.3, 0.4) is 0 Å². The van der Waals surface area contributed by atoms with E-state index in [2.05, 4.69) is 26.6 Å². The molecule has 5 nitrogen and oxygen atoms in total. The highest BCUT2D eigenvalue weighted by Gasteiger charge is 2.16. The monoisotopic (exact) mass is 488 g/mol. The van der Waals surface area contributed by atoms with Crippen molar-refractivity contribution in [3.8, 4) is 11.5 Å². The Hall–Kier alpha value is -2.70. The highest BCUT2D eigenvalue weighted by molar-refractivity contribution is 9.10. The molecule has 0 atom stereocenters. The molecule has 0 aromatic heterocycles. The maximum absolute atomic E-state index is 12.4. The summed E-state index contributed by atoms with van der Waals surface area (Å²) in [6.45, 7) is 2.32. The highest BCUT2D eigenvalue weighted by atomic mass is 79.9. The topological polar surface area (TPSA) is 59.6 Å². The van der Waals surface area contributed by atoms with Gasteiger partial charge in [0.1, 0.15) is 0 Å². The molecule has 1 amide bonds. The summed E-state index contributed by atoms with van der Waals surface area (Å²) in [6, 6.07) is 18.7. The summed E-state index contributed by atoms with van der Waals surface area (Å²) in [5.74, 6) is 0.805. The number of rotatable bonds is 8. The van der Waals surface area contributed by atoms with E-state index >= 15 is 0 Å². The van der Waals surface area contributed by atoms with Crippen LogP contribution in [-0.2, 0) is 11.3 Å². The Labute approximate surface area is 189 Å². The van der Waals surface area contributed by atoms with Gasteiger partial charge in [0, 0.05) is 33.0 Å². The Morgan fingerprint density at radius 3 is 2.33 bits per heavy atom. The average molecular weight is 490 g/mol. The molecule has 0 spiro atoms. The molecule has 3 rings (SSSR count). The van der Waals surface area contributed by atoms with Crippen molar-refractivity contribution in [3.63, 3.8) is 0 Å². The minimum atomic E-state index is -0.252. The zero-order chi connectivity index (χ0) is 21.5. The lowest BCUT2D eigenvalue weighted by atomic mass is 10.1. The summed E-state index contributed by atoms with van der Waals surface area (Å²) in [4.78, 5) is 12.4. The van der Waals surface area contributed by atoms with Gasteiger partial charge in [0.15, 0.2) is 18.1 Å². The number of methoxy groups -OCH3 is 1. The summed E-state index contributed by atoms with van der Waals surface area (Å²) in [7, 11) is 1.57. The number of nitrogens with one attached hydrogen (secondary N) is 2. The number of ether oxygens (including phenoxy) is 2. The number of hydrogen-bond acceptors (Lipinski definition) is 4. The molecule has 0 aliphatic rings. The second-order valence-electron chi connectivity index (χ2n) is 6.62. The van der Waals surface area contributed by atoms with Crippen LogP contribution in [0.15, 0.2) is 65.1 Å². The molecule has 7 heteroatoms. The predicted octanol–water partition coefficient (Wildman–Crippen LogP) is 6.05. The maximum atomic E-state index is 12.4. The SMILES string of the molecule is COc1ccc(Br)c(CNc2ccc(Cl)cc2)c1OCC(=O)Nc1ccc(C)cc1. The third-order valence-corrected chi connectivity index (χ3v) is 5.38. The first-order chi connectivity index (χ1) is 14.5. The smallest absolute Gasteiger partial charge is 0.262 e. The standard InChI is InChI=1S/C23H22BrClN2O3/c1-15-3-7-18(8-4-15)27-22(28)14-30-23-19(20(24)11-12-21(23)29-2)13-26-17-9-5-16(25)6-10-17/h3-12,26H,13-14H2,1-2H3,(H,27,28). The Morgan fingerprint density at radius 1 is 1.00 bits per heavy atom. The van der Waals surface area contributed by atoms with Crippen molar-refractivity contribution in [2.75, 3.05) is 24.4 Å². The van der Waals surface area contributed by atoms with E-state index in [0.29, 0.717) is 23.1 Å². The van der Waals surface area contributed by atoms with Crippen LogP contribution in [-0.4, -0.2) is 19.6 Å². The number of halogens is 2. The van der Waals surface area contributed by atoms with Gasteiger partial charge in [0.05, 0.1) is 7.11 Å². The van der Waals surface area contributed by atoms with Crippen LogP contribution in [0.5, 0.6) is 11.5 Å². The van der Waals surface area contributed by atoms with Crippen LogP contribution < -0.4 is 20.1 Å². The molecule has 156 valence electrons. The minimum absolute atomic E-state index is 0.144. The number of amides is 1. The molecular formula is C23H22BrClN2O3. The van der Waals surface area contributed by atoms with E-state index in [1.807, 2.05) is 61.5 Å². The molecule has 0 bridgehead atoms. The first-order valence-corrected chi connectivity index (χ1v) is 10.5. The van der Waals surface area contributed by atoms with Crippen LogP contribution in [0.2, 0.25) is 5.02 Å². The third-order valence-electron chi connectivity index (χ3n) is 4.38. The summed E-state index contributed by atoms with van der Waals surface area (Å²) in [6.07, 6.45) is 0. The Morgan fingerprint density at radius 2 is 1.67 bits per heavy atom. The van der Waals surface area contributed by atoms with Crippen molar-refractivity contribution in [1.82, 2.24) is 0 Å². The number of benzene rings is 3. The van der Waals surface area contributed by atoms with Gasteiger partial charge in [-0.3, -0.25) is 4.79 Å². The zero-order valence-corrected chi connectivity index (χ0v) is 19.0. The molecule has 0 aliphatic heterocycles. The fourth-order valence-corrected chi connectivity index (χ4v) is 3.37. The lowest BCUT2D eigenvalue weighted by molar-refractivity contribution is -0.118. The van der Waals surface area contributed by atoms with E-state index in [-0.39, 0.29) is 12.5 Å². The number of anilines is 2. The molecular weight excluding hydrogens is 468 g/mol. The fraction of sp³-hybridized carbons (Fsp3) is 0.174. The summed E-state index contributed by atoms with van der Waals surface area (Å²) in [5.41, 5.74) is 3.60. The van der Waals surface area contributed by atoms with Crippen molar-refractivity contribution in [2.24, 2.45) is 0 Å². The number of carbonyl (C=O) groups excluding carboxylic acids is 1. The molecule has 0 radical (unpaired) electrons. The Balaban J connectivity index is 1.71. The third kappa shape index (κ3) is 5.90. The summed E-state index contributed by atoms with van der Waals surface area (Å²) < 4.78 is 12.2. The van der Waals surface area contributed by atoms with Gasteiger partial charge in [-0.05, 0) is 55.5 Å². The summed E-state index contributed by atoms with van der Waals surface area (Å²) >= 11 is 9.51. The zero-order valence-electron chi connectivity index (χ0n) is 16.7. The van der Waals surface area contributed by atoms with Crippen LogP contribution in [0, 0.1) is 6.92 Å². The van der Waals surface area contributed by atoms with E-state index in [1.165, 1.54) is 0 Å². The van der Waals surface area contributed by atoms with Gasteiger partial charge in [0.25, 0.3) is 5.91 Å². The van der Waals surface area contributed by atoms with Gasteiger partial charge < -0.3 is 20.1 Å². The highest BCUT2D eigenvalue weighted by Crippen LogP contribution is 2.37. The molecule has 0 unspecified atom stereocenters. The van der Waals surface area contributed by atoms with Gasteiger partial charge in [0.2, 0.25) is 0 Å². The van der Waals surface area contributed by atoms with Crippen molar-refractivity contribution in [3.05, 3.63) is 81.3 Å². The maximum Gasteiger partial charge on any atom is 0.262 e. The van der Waals surface area contributed by atoms with Gasteiger partial charge in [-0.1, -0.05) is 45.2 Å². The van der Waals surface area contributed by atoms with E-state index in [0.717, 1.165) is 27.0 Å². The van der Waals surface area contributed by atoms with Gasteiger partial charge >= 0.3 is 0 Å². The molecule has 2 N–H and O–H groups in total. The summed E-state index contributed by atoms with van der Waals surface area (Å²) in [5, 5.41) is 6.83. The lowest BCUT2D eigenvalue weighted by Crippen LogP contribution is -2.21. The quantitative estimate of drug-likeness (QED) is 0.404. The van der Waals surface area contributed by atoms with Gasteiger partial charge in [-0.25, -0.2) is 0 Å². The molecule has 0 fully saturated rings. The largest absolute Gasteiger partial charge is 0.493 e. The number of aryl methyl sites for hydroxylation is 1. The number of hydrogen-bond donors (Lipinski definition) is 2. The Bertz CT molecular complexity index is 1010. The molecule has 3 aromatic carbocycles. The second-order valence-corrected chi connectivity index (χ2v) is 7.91. The molecule has 30 heavy (non-hydrogen) atoms. The molecule has 0 heterocycles. The van der Waals surface area contributed by atoms with Crippen molar-refractivity contribution in [1.29, 1.82) is 0 Å². The van der Waals surface area contributed by atoms with Crippen LogP contribution >= 0.6 is 27.5 Å². The lowest BCUT2D eigenvalue weighted by Gasteiger charge is -2.17. The minimum Gasteiger partial charge on any atom is -0.493 e. The van der Waals surface area contributed by atoms with E-state index in [4.69, 9.17) is 21.1 Å². The second kappa shape index (κ2) is 10.4. The first kappa shape index (κ1) is 22.0. The van der Waals surface area contributed by atoms with E-state index < -0.39 is 0 Å². The van der Waals surface area contributed by atoms with Crippen molar-refractivity contribution >= 4 is 44.8 Å². The normalized spacial score (nSPS) is 10.4. The molecule has 0 aliphatic carbocycles. The van der Waals surface area contributed by atoms with Crippen molar-refractivity contribution < 1.29 is 14.3 Å². The van der Waals surface area contributed by atoms with E-state index in [1.54, 1.807) is 13.2 Å².